The zero-order valence-electron chi connectivity index (χ0n) is 10.0. The lowest BCUT2D eigenvalue weighted by atomic mass is 10.0. The molecule has 1 aromatic heterocycles. The molecule has 0 spiro atoms. The van der Waals surface area contributed by atoms with E-state index in [2.05, 4.69) is 21.1 Å². The van der Waals surface area contributed by atoms with E-state index in [1.165, 1.54) is 6.07 Å². The summed E-state index contributed by atoms with van der Waals surface area (Å²) in [4.78, 5) is 0. The van der Waals surface area contributed by atoms with Gasteiger partial charge in [0, 0.05) is 11.6 Å². The average molecular weight is 374 g/mol. The molecule has 0 N–H and O–H groups in total. The maximum atomic E-state index is 12.7. The van der Waals surface area contributed by atoms with Crippen LogP contribution in [0.1, 0.15) is 16.9 Å². The Morgan fingerprint density at radius 3 is 1.81 bits per heavy atom. The molecule has 0 aliphatic rings. The van der Waals surface area contributed by atoms with E-state index in [4.69, 9.17) is 4.52 Å². The van der Waals surface area contributed by atoms with E-state index < -0.39 is 23.5 Å². The highest BCUT2D eigenvalue weighted by Crippen LogP contribution is 2.38. The molecule has 0 fully saturated rings. The predicted molar refractivity (Wildman–Crippen MR) is 64.6 cm³/mol. The molecule has 21 heavy (non-hydrogen) atoms. The molecule has 0 aliphatic heterocycles. The Bertz CT molecular complexity index is 614. The SMILES string of the molecule is FC(F)(F)c1cc(-c2cc(CBr)on2)cc(C(F)(F)F)c1. The van der Waals surface area contributed by atoms with Gasteiger partial charge in [-0.25, -0.2) is 0 Å². The van der Waals surface area contributed by atoms with Gasteiger partial charge in [0.2, 0.25) is 0 Å². The van der Waals surface area contributed by atoms with Crippen molar-refractivity contribution in [3.8, 4) is 11.3 Å². The van der Waals surface area contributed by atoms with Crippen LogP contribution in [-0.4, -0.2) is 5.16 Å². The van der Waals surface area contributed by atoms with Crippen LogP contribution in [0, 0.1) is 0 Å². The molecule has 0 bridgehead atoms. The van der Waals surface area contributed by atoms with E-state index in [-0.39, 0.29) is 28.4 Å². The molecule has 0 atom stereocenters. The number of hydrogen-bond acceptors (Lipinski definition) is 2. The lowest BCUT2D eigenvalue weighted by Gasteiger charge is -2.13. The molecule has 2 nitrogen and oxygen atoms in total. The van der Waals surface area contributed by atoms with Crippen LogP contribution in [0.25, 0.3) is 11.3 Å². The fourth-order valence-electron chi connectivity index (χ4n) is 1.61. The van der Waals surface area contributed by atoms with Crippen LogP contribution in [0.15, 0.2) is 28.8 Å². The molecule has 0 saturated heterocycles. The summed E-state index contributed by atoms with van der Waals surface area (Å²) in [7, 11) is 0. The Labute approximate surface area is 122 Å². The molecule has 0 radical (unpaired) electrons. The van der Waals surface area contributed by atoms with Crippen molar-refractivity contribution in [2.75, 3.05) is 0 Å². The fourth-order valence-corrected chi connectivity index (χ4v) is 1.88. The van der Waals surface area contributed by atoms with Crippen molar-refractivity contribution in [1.29, 1.82) is 0 Å². The highest BCUT2D eigenvalue weighted by molar-refractivity contribution is 9.08. The minimum Gasteiger partial charge on any atom is -0.360 e. The zero-order chi connectivity index (χ0) is 15.8. The van der Waals surface area contributed by atoms with E-state index in [0.717, 1.165) is 0 Å². The fraction of sp³-hybridized carbons (Fsp3) is 0.250. The van der Waals surface area contributed by atoms with Gasteiger partial charge in [-0.15, -0.1) is 0 Å². The third-order valence-corrected chi connectivity index (χ3v) is 3.13. The standard InChI is InChI=1S/C12H6BrF6NO/c13-5-9-4-10(20-21-9)6-1-7(11(14,15)16)3-8(2-6)12(17,18)19/h1-4H,5H2. The smallest absolute Gasteiger partial charge is 0.360 e. The Morgan fingerprint density at radius 1 is 0.905 bits per heavy atom. The molecule has 114 valence electrons. The van der Waals surface area contributed by atoms with Crippen LogP contribution < -0.4 is 0 Å². The van der Waals surface area contributed by atoms with E-state index in [0.29, 0.717) is 12.1 Å². The third-order valence-electron chi connectivity index (χ3n) is 2.57. The summed E-state index contributed by atoms with van der Waals surface area (Å²) in [6.07, 6.45) is -9.78. The number of rotatable bonds is 2. The van der Waals surface area contributed by atoms with Gasteiger partial charge in [-0.3, -0.25) is 0 Å². The summed E-state index contributed by atoms with van der Waals surface area (Å²) >= 11 is 3.04. The van der Waals surface area contributed by atoms with E-state index in [9.17, 15) is 26.3 Å². The summed E-state index contributed by atoms with van der Waals surface area (Å²) < 4.78 is 81.0. The summed E-state index contributed by atoms with van der Waals surface area (Å²) in [6.45, 7) is 0. The Morgan fingerprint density at radius 2 is 1.43 bits per heavy atom. The van der Waals surface area contributed by atoms with Gasteiger partial charge in [-0.1, -0.05) is 21.1 Å². The van der Waals surface area contributed by atoms with Gasteiger partial charge >= 0.3 is 12.4 Å². The van der Waals surface area contributed by atoms with Crippen molar-refractivity contribution in [3.63, 3.8) is 0 Å². The molecule has 1 heterocycles. The van der Waals surface area contributed by atoms with Gasteiger partial charge in [0.05, 0.1) is 16.5 Å². The summed E-state index contributed by atoms with van der Waals surface area (Å²) in [6, 6.07) is 2.54. The lowest BCUT2D eigenvalue weighted by Crippen LogP contribution is -2.11. The third kappa shape index (κ3) is 3.58. The van der Waals surface area contributed by atoms with Crippen LogP contribution in [-0.2, 0) is 17.7 Å². The van der Waals surface area contributed by atoms with Gasteiger partial charge in [-0.2, -0.15) is 26.3 Å². The minimum atomic E-state index is -4.89. The van der Waals surface area contributed by atoms with Gasteiger partial charge in [-0.05, 0) is 18.2 Å². The highest BCUT2D eigenvalue weighted by Gasteiger charge is 2.37. The second kappa shape index (κ2) is 5.36. The molecular formula is C12H6BrF6NO. The number of aromatic nitrogens is 1. The second-order valence-electron chi connectivity index (χ2n) is 4.11. The minimum absolute atomic E-state index is 0.0645. The van der Waals surface area contributed by atoms with Crippen molar-refractivity contribution in [1.82, 2.24) is 5.16 Å². The van der Waals surface area contributed by atoms with Gasteiger partial charge < -0.3 is 4.52 Å². The lowest BCUT2D eigenvalue weighted by molar-refractivity contribution is -0.143. The van der Waals surface area contributed by atoms with Crippen molar-refractivity contribution < 1.29 is 30.9 Å². The van der Waals surface area contributed by atoms with E-state index >= 15 is 0 Å². The first-order chi connectivity index (χ1) is 9.61. The van der Waals surface area contributed by atoms with Gasteiger partial charge in [0.15, 0.2) is 0 Å². The molecule has 1 aromatic carbocycles. The second-order valence-corrected chi connectivity index (χ2v) is 4.67. The largest absolute Gasteiger partial charge is 0.416 e. The molecule has 9 heteroatoms. The summed E-state index contributed by atoms with van der Waals surface area (Å²) in [5, 5.41) is 3.71. The number of benzene rings is 1. The molecule has 0 amide bonds. The first-order valence-electron chi connectivity index (χ1n) is 5.42. The maximum absolute atomic E-state index is 12.7. The Balaban J connectivity index is 2.60. The molecule has 0 aliphatic carbocycles. The first-order valence-corrected chi connectivity index (χ1v) is 6.55. The van der Waals surface area contributed by atoms with E-state index in [1.54, 1.807) is 0 Å². The quantitative estimate of drug-likeness (QED) is 0.529. The zero-order valence-corrected chi connectivity index (χ0v) is 11.6. The number of halogens is 7. The van der Waals surface area contributed by atoms with Gasteiger partial charge in [0.1, 0.15) is 11.5 Å². The molecule has 0 saturated carbocycles. The molecule has 2 aromatic rings. The summed E-state index contributed by atoms with van der Waals surface area (Å²) in [5.74, 6) is 0.288. The normalized spacial score (nSPS) is 12.7. The van der Waals surface area contributed by atoms with Crippen LogP contribution >= 0.6 is 15.9 Å². The average Bonchev–Trinajstić information content (AvgIpc) is 2.85. The topological polar surface area (TPSA) is 26.0 Å². The molecule has 0 unspecified atom stereocenters. The monoisotopic (exact) mass is 373 g/mol. The predicted octanol–water partition coefficient (Wildman–Crippen LogP) is 5.27. The maximum Gasteiger partial charge on any atom is 0.416 e. The van der Waals surface area contributed by atoms with E-state index in [1.807, 2.05) is 0 Å². The number of hydrogen-bond donors (Lipinski definition) is 0. The first kappa shape index (κ1) is 15.9. The Hall–Kier alpha value is -1.51. The summed E-state index contributed by atoms with van der Waals surface area (Å²) in [5.41, 5.74) is -3.19. The van der Waals surface area contributed by atoms with Crippen molar-refractivity contribution >= 4 is 15.9 Å². The number of alkyl halides is 7. The van der Waals surface area contributed by atoms with Crippen molar-refractivity contribution in [2.45, 2.75) is 17.7 Å². The van der Waals surface area contributed by atoms with Crippen LogP contribution in [0.2, 0.25) is 0 Å². The van der Waals surface area contributed by atoms with Crippen molar-refractivity contribution in [2.24, 2.45) is 0 Å². The number of nitrogens with zero attached hydrogens (tertiary/aromatic N) is 1. The Kier molecular flexibility index (Phi) is 4.05. The van der Waals surface area contributed by atoms with Crippen LogP contribution in [0.3, 0.4) is 0 Å². The van der Waals surface area contributed by atoms with Crippen LogP contribution in [0.4, 0.5) is 26.3 Å². The highest BCUT2D eigenvalue weighted by atomic mass is 79.9. The van der Waals surface area contributed by atoms with Crippen LogP contribution in [0.5, 0.6) is 0 Å². The molecule has 2 rings (SSSR count). The van der Waals surface area contributed by atoms with Gasteiger partial charge in [0.25, 0.3) is 0 Å². The van der Waals surface area contributed by atoms with Crippen molar-refractivity contribution in [3.05, 3.63) is 41.2 Å². The molecular weight excluding hydrogens is 368 g/mol.